The number of nitrogens with zero attached hydrogens (tertiary/aromatic N) is 3. The minimum atomic E-state index is -0.250. The molecule has 1 spiro atoms. The number of fused-ring (bicyclic) bond motifs is 3. The molecule has 1 aromatic heterocycles. The van der Waals surface area contributed by atoms with Crippen molar-refractivity contribution in [3.63, 3.8) is 0 Å². The number of likely N-dealkylation sites (tertiary alicyclic amines) is 1. The first-order valence-electron chi connectivity index (χ1n) is 11.2. The van der Waals surface area contributed by atoms with E-state index in [0.717, 1.165) is 63.0 Å². The van der Waals surface area contributed by atoms with Crippen LogP contribution in [0, 0.1) is 6.92 Å². The van der Waals surface area contributed by atoms with E-state index in [1.165, 1.54) is 11.1 Å². The summed E-state index contributed by atoms with van der Waals surface area (Å²) in [4.78, 5) is 45.7. The second-order valence-corrected chi connectivity index (χ2v) is 9.01. The maximum atomic E-state index is 13.2. The molecule has 0 radical (unpaired) electrons. The Balaban J connectivity index is 0.000000775. The fourth-order valence-electron chi connectivity index (χ4n) is 5.49. The molecule has 8 heteroatoms. The highest BCUT2D eigenvalue weighted by Gasteiger charge is 2.45. The number of carbonyl (C=O) groups is 2. The molecule has 2 aliphatic heterocycles. The van der Waals surface area contributed by atoms with Gasteiger partial charge in [-0.25, -0.2) is 4.98 Å². The summed E-state index contributed by atoms with van der Waals surface area (Å²) in [7, 11) is 0. The Morgan fingerprint density at radius 3 is 2.75 bits per heavy atom. The molecule has 1 amide bonds. The van der Waals surface area contributed by atoms with Gasteiger partial charge in [0.25, 0.3) is 12.0 Å². The summed E-state index contributed by atoms with van der Waals surface area (Å²) in [6.07, 6.45) is 4.68. The van der Waals surface area contributed by atoms with Crippen molar-refractivity contribution in [1.82, 2.24) is 19.8 Å². The van der Waals surface area contributed by atoms with Crippen molar-refractivity contribution in [2.45, 2.75) is 51.0 Å². The SMILES string of the molecule is Cc1nc2c(c(=O)[nH]1)CCC21CCCN(C(=O)CN2CCc3ccccc3C2)C1.O=CO. The Morgan fingerprint density at radius 2 is 1.97 bits per heavy atom. The number of amides is 1. The predicted molar refractivity (Wildman–Crippen MR) is 120 cm³/mol. The van der Waals surface area contributed by atoms with E-state index >= 15 is 0 Å². The van der Waals surface area contributed by atoms with Gasteiger partial charge < -0.3 is 15.0 Å². The molecule has 3 aliphatic rings. The number of H-pyrrole nitrogens is 1. The van der Waals surface area contributed by atoms with Crippen LogP contribution in [0.3, 0.4) is 0 Å². The minimum absolute atomic E-state index is 0.000179. The number of piperidine rings is 1. The van der Waals surface area contributed by atoms with Crippen LogP contribution in [0.5, 0.6) is 0 Å². The van der Waals surface area contributed by atoms with E-state index in [1.54, 1.807) is 0 Å². The summed E-state index contributed by atoms with van der Waals surface area (Å²) in [6, 6.07) is 8.53. The van der Waals surface area contributed by atoms with E-state index in [4.69, 9.17) is 14.9 Å². The van der Waals surface area contributed by atoms with E-state index in [-0.39, 0.29) is 23.4 Å². The van der Waals surface area contributed by atoms with E-state index in [9.17, 15) is 9.59 Å². The number of aryl methyl sites for hydroxylation is 1. The summed E-state index contributed by atoms with van der Waals surface area (Å²) in [5.74, 6) is 0.879. The molecule has 0 saturated carbocycles. The molecule has 1 aliphatic carbocycles. The summed E-state index contributed by atoms with van der Waals surface area (Å²) < 4.78 is 0. The van der Waals surface area contributed by atoms with Crippen molar-refractivity contribution in [2.75, 3.05) is 26.2 Å². The molecule has 2 N–H and O–H groups in total. The maximum absolute atomic E-state index is 13.2. The van der Waals surface area contributed by atoms with E-state index in [1.807, 2.05) is 11.8 Å². The quantitative estimate of drug-likeness (QED) is 0.691. The van der Waals surface area contributed by atoms with Crippen LogP contribution in [0.15, 0.2) is 29.1 Å². The molecular weight excluding hydrogens is 408 g/mol. The fourth-order valence-corrected chi connectivity index (χ4v) is 5.49. The molecule has 1 saturated heterocycles. The van der Waals surface area contributed by atoms with Crippen molar-refractivity contribution in [1.29, 1.82) is 0 Å². The van der Waals surface area contributed by atoms with Crippen LogP contribution in [-0.2, 0) is 34.4 Å². The largest absolute Gasteiger partial charge is 0.483 e. The highest BCUT2D eigenvalue weighted by atomic mass is 16.3. The smallest absolute Gasteiger partial charge is 0.290 e. The first-order chi connectivity index (χ1) is 15.5. The zero-order chi connectivity index (χ0) is 22.7. The monoisotopic (exact) mass is 438 g/mol. The molecule has 170 valence electrons. The van der Waals surface area contributed by atoms with Gasteiger partial charge in [0, 0.05) is 37.2 Å². The van der Waals surface area contributed by atoms with E-state index < -0.39 is 0 Å². The number of benzene rings is 1. The number of aromatic nitrogens is 2. The van der Waals surface area contributed by atoms with Crippen molar-refractivity contribution in [3.05, 3.63) is 62.8 Å². The standard InChI is InChI=1S/C23H28N4O2.CH2O2/c1-16-24-21-19(22(29)25-16)7-10-23(21)9-4-11-27(15-23)20(28)14-26-12-8-17-5-2-3-6-18(17)13-26;2-1-3/h2-3,5-6H,4,7-15H2,1H3,(H,24,25,29);1H,(H,2,3). The van der Waals surface area contributed by atoms with Crippen LogP contribution in [-0.4, -0.2) is 63.4 Å². The molecule has 3 heterocycles. The highest BCUT2D eigenvalue weighted by molar-refractivity contribution is 5.78. The van der Waals surface area contributed by atoms with Gasteiger partial charge in [0.2, 0.25) is 5.91 Å². The molecule has 1 aromatic carbocycles. The van der Waals surface area contributed by atoms with Crippen LogP contribution in [0.1, 0.15) is 47.5 Å². The molecule has 1 atom stereocenters. The van der Waals surface area contributed by atoms with Gasteiger partial charge >= 0.3 is 0 Å². The summed E-state index contributed by atoms with van der Waals surface area (Å²) in [5, 5.41) is 6.89. The van der Waals surface area contributed by atoms with Gasteiger partial charge in [-0.1, -0.05) is 24.3 Å². The molecule has 0 bridgehead atoms. The second kappa shape index (κ2) is 9.24. The maximum Gasteiger partial charge on any atom is 0.290 e. The topological polar surface area (TPSA) is 107 Å². The van der Waals surface area contributed by atoms with Crippen molar-refractivity contribution >= 4 is 12.4 Å². The predicted octanol–water partition coefficient (Wildman–Crippen LogP) is 1.64. The lowest BCUT2D eigenvalue weighted by molar-refractivity contribution is -0.135. The highest BCUT2D eigenvalue weighted by Crippen LogP contribution is 2.43. The first kappa shape index (κ1) is 22.2. The van der Waals surface area contributed by atoms with Crippen LogP contribution >= 0.6 is 0 Å². The molecular formula is C24H30N4O4. The second-order valence-electron chi connectivity index (χ2n) is 9.01. The third-order valence-electron chi connectivity index (χ3n) is 6.99. The number of carbonyl (C=O) groups excluding carboxylic acids is 1. The van der Waals surface area contributed by atoms with Gasteiger partial charge in [0.1, 0.15) is 5.82 Å². The van der Waals surface area contributed by atoms with Crippen LogP contribution in [0.2, 0.25) is 0 Å². The van der Waals surface area contributed by atoms with Gasteiger partial charge in [-0.15, -0.1) is 0 Å². The number of aromatic amines is 1. The third-order valence-corrected chi connectivity index (χ3v) is 6.99. The molecule has 5 rings (SSSR count). The number of hydrogen-bond donors (Lipinski definition) is 2. The van der Waals surface area contributed by atoms with E-state index in [2.05, 4.69) is 34.1 Å². The van der Waals surface area contributed by atoms with Crippen molar-refractivity contribution in [3.8, 4) is 0 Å². The van der Waals surface area contributed by atoms with E-state index in [0.29, 0.717) is 18.9 Å². The summed E-state index contributed by atoms with van der Waals surface area (Å²) >= 11 is 0. The lowest BCUT2D eigenvalue weighted by atomic mass is 9.77. The molecule has 32 heavy (non-hydrogen) atoms. The average molecular weight is 439 g/mol. The van der Waals surface area contributed by atoms with Gasteiger partial charge in [-0.2, -0.15) is 0 Å². The summed E-state index contributed by atoms with van der Waals surface area (Å²) in [6.45, 7) is 5.34. The molecule has 1 unspecified atom stereocenters. The van der Waals surface area contributed by atoms with Crippen molar-refractivity contribution in [2.24, 2.45) is 0 Å². The normalized spacial score (nSPS) is 22.0. The number of carboxylic acid groups (broad SMARTS) is 1. The zero-order valence-corrected chi connectivity index (χ0v) is 18.5. The lowest BCUT2D eigenvalue weighted by Crippen LogP contribution is -2.51. The number of hydrogen-bond acceptors (Lipinski definition) is 5. The average Bonchev–Trinajstić information content (AvgIpc) is 3.12. The zero-order valence-electron chi connectivity index (χ0n) is 18.5. The van der Waals surface area contributed by atoms with Gasteiger partial charge in [0.15, 0.2) is 0 Å². The van der Waals surface area contributed by atoms with Gasteiger partial charge in [0.05, 0.1) is 12.2 Å². The Kier molecular flexibility index (Phi) is 6.41. The number of rotatable bonds is 2. The minimum Gasteiger partial charge on any atom is -0.483 e. The van der Waals surface area contributed by atoms with Gasteiger partial charge in [-0.3, -0.25) is 19.3 Å². The Labute approximate surface area is 187 Å². The first-order valence-corrected chi connectivity index (χ1v) is 11.2. The number of nitrogens with one attached hydrogen (secondary N) is 1. The van der Waals surface area contributed by atoms with Crippen molar-refractivity contribution < 1.29 is 14.7 Å². The summed E-state index contributed by atoms with van der Waals surface area (Å²) in [5.41, 5.74) is 4.38. The Morgan fingerprint density at radius 1 is 1.22 bits per heavy atom. The van der Waals surface area contributed by atoms with Gasteiger partial charge in [-0.05, 0) is 50.2 Å². The molecule has 1 fully saturated rings. The fraction of sp³-hybridized carbons (Fsp3) is 0.500. The molecule has 2 aromatic rings. The third kappa shape index (κ3) is 4.32. The van der Waals surface area contributed by atoms with Crippen LogP contribution < -0.4 is 5.56 Å². The molecule has 8 nitrogen and oxygen atoms in total. The Hall–Kier alpha value is -3.00. The van der Waals surface area contributed by atoms with Crippen LogP contribution in [0.4, 0.5) is 0 Å². The van der Waals surface area contributed by atoms with Crippen LogP contribution in [0.25, 0.3) is 0 Å². The Bertz CT molecular complexity index is 1070. The lowest BCUT2D eigenvalue weighted by Gasteiger charge is -2.41.